The fourth-order valence-electron chi connectivity index (χ4n) is 1.70. The molecule has 0 bridgehead atoms. The van der Waals surface area contributed by atoms with Crippen molar-refractivity contribution < 1.29 is 0 Å². The van der Waals surface area contributed by atoms with Gasteiger partial charge in [-0.25, -0.2) is 0 Å². The van der Waals surface area contributed by atoms with Crippen LogP contribution < -0.4 is 0 Å². The fraction of sp³-hybridized carbons (Fsp3) is 0.538. The molecule has 0 aliphatic heterocycles. The molecule has 0 aromatic heterocycles. The Morgan fingerprint density at radius 2 is 1.79 bits per heavy atom. The maximum atomic E-state index is 6.13. The van der Waals surface area contributed by atoms with Gasteiger partial charge in [-0.1, -0.05) is 38.4 Å². The molecule has 0 radical (unpaired) electrons. The average Bonchev–Trinajstić information content (AvgIpc) is 2.83. The number of halogens is 1. The molecule has 76 valence electrons. The zero-order chi connectivity index (χ0) is 10.3. The maximum Gasteiger partial charge on any atom is 0.0411 e. The Balaban J connectivity index is 2.41. The Morgan fingerprint density at radius 3 is 2.29 bits per heavy atom. The van der Waals surface area contributed by atoms with Gasteiger partial charge >= 0.3 is 0 Å². The molecule has 0 atom stereocenters. The van der Waals surface area contributed by atoms with E-state index in [9.17, 15) is 0 Å². The molecule has 14 heavy (non-hydrogen) atoms. The van der Waals surface area contributed by atoms with Crippen LogP contribution in [-0.4, -0.2) is 0 Å². The van der Waals surface area contributed by atoms with E-state index in [2.05, 4.69) is 39.0 Å². The molecule has 0 saturated heterocycles. The van der Waals surface area contributed by atoms with Gasteiger partial charge in [0, 0.05) is 5.02 Å². The second kappa shape index (κ2) is 3.27. The summed E-state index contributed by atoms with van der Waals surface area (Å²) < 4.78 is 0. The molecule has 0 amide bonds. The van der Waals surface area contributed by atoms with Crippen LogP contribution in [0.1, 0.15) is 50.7 Å². The van der Waals surface area contributed by atoms with Crippen LogP contribution in [-0.2, 0) is 5.41 Å². The number of rotatable bonds is 1. The first-order valence-corrected chi connectivity index (χ1v) is 5.65. The van der Waals surface area contributed by atoms with Crippen LogP contribution >= 0.6 is 11.6 Å². The van der Waals surface area contributed by atoms with Crippen molar-refractivity contribution in [1.29, 1.82) is 0 Å². The van der Waals surface area contributed by atoms with Crippen molar-refractivity contribution >= 4 is 11.6 Å². The quantitative estimate of drug-likeness (QED) is 0.637. The summed E-state index contributed by atoms with van der Waals surface area (Å²) >= 11 is 6.13. The lowest BCUT2D eigenvalue weighted by Gasteiger charge is -2.20. The highest BCUT2D eigenvalue weighted by molar-refractivity contribution is 6.30. The van der Waals surface area contributed by atoms with Crippen molar-refractivity contribution in [3.05, 3.63) is 34.3 Å². The van der Waals surface area contributed by atoms with E-state index in [1.54, 1.807) is 0 Å². The molecule has 0 nitrogen and oxygen atoms in total. The maximum absolute atomic E-state index is 6.13. The molecule has 0 spiro atoms. The van der Waals surface area contributed by atoms with Gasteiger partial charge < -0.3 is 0 Å². The van der Waals surface area contributed by atoms with Gasteiger partial charge in [0.1, 0.15) is 0 Å². The molecular weight excluding hydrogens is 192 g/mol. The average molecular weight is 209 g/mol. The molecule has 1 aromatic rings. The van der Waals surface area contributed by atoms with Crippen LogP contribution in [0.25, 0.3) is 0 Å². The van der Waals surface area contributed by atoms with E-state index in [-0.39, 0.29) is 5.41 Å². The summed E-state index contributed by atoms with van der Waals surface area (Å²) in [6, 6.07) is 6.53. The van der Waals surface area contributed by atoms with Gasteiger partial charge in [0.05, 0.1) is 0 Å². The molecule has 1 aliphatic carbocycles. The van der Waals surface area contributed by atoms with Gasteiger partial charge in [0.25, 0.3) is 0 Å². The van der Waals surface area contributed by atoms with Crippen molar-refractivity contribution in [1.82, 2.24) is 0 Å². The topological polar surface area (TPSA) is 0 Å². The lowest BCUT2D eigenvalue weighted by molar-refractivity contribution is 0.589. The van der Waals surface area contributed by atoms with Crippen LogP contribution in [0.15, 0.2) is 18.2 Å². The van der Waals surface area contributed by atoms with Crippen molar-refractivity contribution in [2.45, 2.75) is 44.9 Å². The predicted octanol–water partition coefficient (Wildman–Crippen LogP) is 4.51. The third-order valence-corrected chi connectivity index (χ3v) is 3.05. The molecule has 0 unspecified atom stereocenters. The summed E-state index contributed by atoms with van der Waals surface area (Å²) in [6.07, 6.45) is 2.67. The minimum absolute atomic E-state index is 0.203. The summed E-state index contributed by atoms with van der Waals surface area (Å²) in [5.41, 5.74) is 2.99. The summed E-state index contributed by atoms with van der Waals surface area (Å²) in [5.74, 6) is 0.787. The van der Waals surface area contributed by atoms with Crippen LogP contribution in [0.5, 0.6) is 0 Å². The van der Waals surface area contributed by atoms with Crippen molar-refractivity contribution in [2.24, 2.45) is 0 Å². The Kier molecular flexibility index (Phi) is 2.35. The van der Waals surface area contributed by atoms with E-state index in [1.165, 1.54) is 24.0 Å². The van der Waals surface area contributed by atoms with E-state index in [0.717, 1.165) is 10.9 Å². The Morgan fingerprint density at radius 1 is 1.14 bits per heavy atom. The summed E-state index contributed by atoms with van der Waals surface area (Å²) in [5, 5.41) is 0.888. The van der Waals surface area contributed by atoms with Gasteiger partial charge in [-0.3, -0.25) is 0 Å². The summed E-state index contributed by atoms with van der Waals surface area (Å²) in [4.78, 5) is 0. The highest BCUT2D eigenvalue weighted by Crippen LogP contribution is 2.42. The molecule has 1 aromatic carbocycles. The first-order chi connectivity index (χ1) is 6.47. The zero-order valence-electron chi connectivity index (χ0n) is 9.10. The smallest absolute Gasteiger partial charge is 0.0411 e. The van der Waals surface area contributed by atoms with E-state index >= 15 is 0 Å². The van der Waals surface area contributed by atoms with Crippen molar-refractivity contribution in [2.75, 3.05) is 0 Å². The SMILES string of the molecule is CC(C)(C)c1cc(Cl)cc(C2CC2)c1. The zero-order valence-corrected chi connectivity index (χ0v) is 9.86. The number of hydrogen-bond donors (Lipinski definition) is 0. The lowest BCUT2D eigenvalue weighted by atomic mass is 9.86. The van der Waals surface area contributed by atoms with Gasteiger partial charge in [0.2, 0.25) is 0 Å². The van der Waals surface area contributed by atoms with Gasteiger partial charge in [-0.15, -0.1) is 0 Å². The van der Waals surface area contributed by atoms with E-state index in [4.69, 9.17) is 11.6 Å². The third kappa shape index (κ3) is 2.12. The second-order valence-electron chi connectivity index (χ2n) is 5.30. The fourth-order valence-corrected chi connectivity index (χ4v) is 1.94. The first-order valence-electron chi connectivity index (χ1n) is 5.28. The Labute approximate surface area is 91.3 Å². The number of benzene rings is 1. The third-order valence-electron chi connectivity index (χ3n) is 2.83. The summed E-state index contributed by atoms with van der Waals surface area (Å²) in [7, 11) is 0. The highest BCUT2D eigenvalue weighted by Gasteiger charge is 2.25. The van der Waals surface area contributed by atoms with Crippen molar-refractivity contribution in [3.63, 3.8) is 0 Å². The van der Waals surface area contributed by atoms with Crippen LogP contribution in [0.2, 0.25) is 5.02 Å². The van der Waals surface area contributed by atoms with E-state index in [1.807, 2.05) is 0 Å². The summed E-state index contributed by atoms with van der Waals surface area (Å²) in [6.45, 7) is 6.69. The molecule has 1 fully saturated rings. The second-order valence-corrected chi connectivity index (χ2v) is 5.73. The van der Waals surface area contributed by atoms with E-state index < -0.39 is 0 Å². The number of hydrogen-bond acceptors (Lipinski definition) is 0. The molecule has 1 saturated carbocycles. The largest absolute Gasteiger partial charge is 0.0843 e. The van der Waals surface area contributed by atoms with Crippen LogP contribution in [0, 0.1) is 0 Å². The Bertz CT molecular complexity index is 343. The molecule has 2 rings (SSSR count). The van der Waals surface area contributed by atoms with Crippen LogP contribution in [0.3, 0.4) is 0 Å². The molecule has 0 heterocycles. The molecule has 1 aliphatic rings. The van der Waals surface area contributed by atoms with Gasteiger partial charge in [0.15, 0.2) is 0 Å². The van der Waals surface area contributed by atoms with Gasteiger partial charge in [-0.05, 0) is 47.4 Å². The van der Waals surface area contributed by atoms with E-state index in [0.29, 0.717) is 0 Å². The minimum Gasteiger partial charge on any atom is -0.0843 e. The normalized spacial score (nSPS) is 17.1. The standard InChI is InChI=1S/C13H17Cl/c1-13(2,3)11-6-10(9-4-5-9)7-12(14)8-11/h6-9H,4-5H2,1-3H3. The first kappa shape index (κ1) is 10.0. The van der Waals surface area contributed by atoms with Crippen LogP contribution in [0.4, 0.5) is 0 Å². The predicted molar refractivity (Wildman–Crippen MR) is 62.1 cm³/mol. The van der Waals surface area contributed by atoms with Gasteiger partial charge in [-0.2, -0.15) is 0 Å². The molecule has 0 N–H and O–H groups in total. The molecular formula is C13H17Cl. The monoisotopic (exact) mass is 208 g/mol. The highest BCUT2D eigenvalue weighted by atomic mass is 35.5. The Hall–Kier alpha value is -0.490. The lowest BCUT2D eigenvalue weighted by Crippen LogP contribution is -2.11. The van der Waals surface area contributed by atoms with Crippen molar-refractivity contribution in [3.8, 4) is 0 Å². The minimum atomic E-state index is 0.203. The molecule has 1 heteroatoms.